The molecule has 0 bridgehead atoms. The first-order chi connectivity index (χ1) is 19.1. The quantitative estimate of drug-likeness (QED) is 0.0278. The van der Waals surface area contributed by atoms with Crippen LogP contribution in [0.4, 0.5) is 0 Å². The zero-order valence-corrected chi connectivity index (χ0v) is 24.0. The molecule has 0 aliphatic rings. The first kappa shape index (κ1) is 37.2. The fraction of sp³-hybridized carbons (Fsp3) is 0.619. The minimum absolute atomic E-state index is 0.00205. The normalized spacial score (nSPS) is 14.1. The predicted octanol–water partition coefficient (Wildman–Crippen LogP) is -5.14. The number of hydrogen-bond acceptors (Lipinski definition) is 11. The van der Waals surface area contributed by atoms with E-state index >= 15 is 0 Å². The fourth-order valence-electron chi connectivity index (χ4n) is 2.90. The van der Waals surface area contributed by atoms with E-state index in [-0.39, 0.29) is 36.9 Å². The second kappa shape index (κ2) is 19.3. The molecule has 0 radical (unpaired) electrons. The monoisotopic (exact) mass is 623 g/mol. The van der Waals surface area contributed by atoms with E-state index in [9.17, 15) is 33.6 Å². The number of aliphatic imine (C=N–C) groups is 1. The van der Waals surface area contributed by atoms with Crippen molar-refractivity contribution in [3.8, 4) is 0 Å². The van der Waals surface area contributed by atoms with E-state index in [1.807, 2.05) is 0 Å². The van der Waals surface area contributed by atoms with Gasteiger partial charge in [0.15, 0.2) is 5.96 Å². The van der Waals surface area contributed by atoms with Gasteiger partial charge in [0.25, 0.3) is 0 Å². The van der Waals surface area contributed by atoms with Crippen LogP contribution < -0.4 is 43.8 Å². The molecule has 13 N–H and O–H groups in total. The van der Waals surface area contributed by atoms with Crippen molar-refractivity contribution in [1.82, 2.24) is 26.6 Å². The number of hydrogen-bond donors (Lipinski definition) is 12. The molecule has 0 aromatic carbocycles. The molecule has 0 saturated heterocycles. The molecule has 0 unspecified atom stereocenters. The van der Waals surface area contributed by atoms with Crippen molar-refractivity contribution in [1.29, 1.82) is 0 Å². The van der Waals surface area contributed by atoms with E-state index in [2.05, 4.69) is 56.8 Å². The van der Waals surface area contributed by atoms with Crippen molar-refractivity contribution < 1.29 is 43.8 Å². The van der Waals surface area contributed by atoms with E-state index in [1.54, 1.807) is 0 Å². The van der Waals surface area contributed by atoms with Crippen molar-refractivity contribution in [3.05, 3.63) is 0 Å². The summed E-state index contributed by atoms with van der Waals surface area (Å²) in [5, 5.41) is 29.3. The van der Waals surface area contributed by atoms with Crippen molar-refractivity contribution in [2.24, 2.45) is 22.2 Å². The largest absolute Gasteiger partial charge is 0.481 e. The maximum absolute atomic E-state index is 12.7. The summed E-state index contributed by atoms with van der Waals surface area (Å²) < 4.78 is 0. The summed E-state index contributed by atoms with van der Waals surface area (Å²) in [6.45, 7) is 0.620. The van der Waals surface area contributed by atoms with Gasteiger partial charge < -0.3 is 54.0 Å². The summed E-state index contributed by atoms with van der Waals surface area (Å²) in [5.41, 5.74) is 16.1. The second-order valence-electron chi connectivity index (χ2n) is 8.55. The molecular formula is C21H37N9O9S2. The minimum Gasteiger partial charge on any atom is -0.481 e. The molecule has 0 aliphatic carbocycles. The lowest BCUT2D eigenvalue weighted by molar-refractivity contribution is -0.142. The highest BCUT2D eigenvalue weighted by Gasteiger charge is 2.30. The molecule has 0 aromatic rings. The van der Waals surface area contributed by atoms with Crippen molar-refractivity contribution in [3.63, 3.8) is 0 Å². The van der Waals surface area contributed by atoms with Gasteiger partial charge in [-0.3, -0.25) is 38.6 Å². The maximum Gasteiger partial charge on any atom is 0.325 e. The van der Waals surface area contributed by atoms with Crippen molar-refractivity contribution >= 4 is 72.7 Å². The van der Waals surface area contributed by atoms with Gasteiger partial charge >= 0.3 is 11.9 Å². The molecule has 0 heterocycles. The first-order valence-corrected chi connectivity index (χ1v) is 13.3. The van der Waals surface area contributed by atoms with Gasteiger partial charge in [-0.2, -0.15) is 25.3 Å². The van der Waals surface area contributed by atoms with Crippen LogP contribution in [0.5, 0.6) is 0 Å². The number of rotatable bonds is 19. The number of nitrogens with zero attached hydrogens (tertiary/aromatic N) is 1. The molecule has 0 spiro atoms. The van der Waals surface area contributed by atoms with Crippen molar-refractivity contribution in [2.45, 2.75) is 56.4 Å². The van der Waals surface area contributed by atoms with Crippen molar-refractivity contribution in [2.75, 3.05) is 24.6 Å². The number of amides is 5. The number of nitrogens with two attached hydrogens (primary N) is 3. The maximum atomic E-state index is 12.7. The lowest BCUT2D eigenvalue weighted by atomic mass is 10.1. The predicted molar refractivity (Wildman–Crippen MR) is 152 cm³/mol. The Hall–Kier alpha value is -3.78. The summed E-state index contributed by atoms with van der Waals surface area (Å²) in [6, 6.07) is -6.47. The number of nitrogens with one attached hydrogen (secondary N) is 5. The van der Waals surface area contributed by atoms with Crippen LogP contribution in [0, 0.1) is 0 Å². The standard InChI is InChI=1S/C21H37N9O9S2/c1-9(20(38)39)27-19(37)13(8-41)30-18(36)12(5-15(32)33)28-14(31)6-26-17(35)11(3-2-4-25-21(23)24)29-16(34)10(22)7-40/h9-13,40-41H,2-8,22H2,1H3,(H,26,35)(H,27,37)(H,28,31)(H,29,34)(H,30,36)(H,32,33)(H,38,39)(H4,23,24,25)/t9-,10-,11-,12-,13-/m0/s1. The van der Waals surface area contributed by atoms with E-state index < -0.39 is 84.6 Å². The summed E-state index contributed by atoms with van der Waals surface area (Å²) in [7, 11) is 0. The van der Waals surface area contributed by atoms with Gasteiger partial charge in [0, 0.05) is 18.1 Å². The number of carbonyl (C=O) groups is 7. The molecule has 20 heteroatoms. The lowest BCUT2D eigenvalue weighted by Gasteiger charge is -2.23. The molecule has 18 nitrogen and oxygen atoms in total. The second-order valence-corrected chi connectivity index (χ2v) is 9.28. The highest BCUT2D eigenvalue weighted by atomic mass is 32.1. The van der Waals surface area contributed by atoms with Gasteiger partial charge in [-0.1, -0.05) is 0 Å². The van der Waals surface area contributed by atoms with Crippen LogP contribution >= 0.6 is 25.3 Å². The van der Waals surface area contributed by atoms with Crippen LogP contribution in [0.15, 0.2) is 4.99 Å². The lowest BCUT2D eigenvalue weighted by Crippen LogP contribution is -2.57. The zero-order chi connectivity index (χ0) is 31.7. The average Bonchev–Trinajstić information content (AvgIpc) is 2.90. The van der Waals surface area contributed by atoms with E-state index in [1.165, 1.54) is 6.92 Å². The SMILES string of the molecule is C[C@H](NC(=O)[C@H](CS)NC(=O)[C@H](CC(=O)O)NC(=O)CNC(=O)[C@H](CCCN=C(N)N)NC(=O)[C@@H](N)CS)C(=O)O. The summed E-state index contributed by atoms with van der Waals surface area (Å²) in [4.78, 5) is 88.2. The highest BCUT2D eigenvalue weighted by Crippen LogP contribution is 2.01. The van der Waals surface area contributed by atoms with Gasteiger partial charge in [-0.25, -0.2) is 0 Å². The van der Waals surface area contributed by atoms with Crippen LogP contribution in [0.3, 0.4) is 0 Å². The smallest absolute Gasteiger partial charge is 0.325 e. The van der Waals surface area contributed by atoms with E-state index in [4.69, 9.17) is 27.4 Å². The molecule has 5 amide bonds. The summed E-state index contributed by atoms with van der Waals surface area (Å²) >= 11 is 7.86. The Labute approximate surface area is 246 Å². The fourth-order valence-corrected chi connectivity index (χ4v) is 3.32. The Balaban J connectivity index is 5.33. The molecule has 0 rings (SSSR count). The Kier molecular flexibility index (Phi) is 17.5. The number of carboxylic acids is 2. The van der Waals surface area contributed by atoms with Crippen LogP contribution in [0.2, 0.25) is 0 Å². The zero-order valence-electron chi connectivity index (χ0n) is 22.2. The number of carbonyl (C=O) groups excluding carboxylic acids is 5. The third-order valence-corrected chi connectivity index (χ3v) is 5.87. The van der Waals surface area contributed by atoms with Gasteiger partial charge in [-0.15, -0.1) is 0 Å². The van der Waals surface area contributed by atoms with E-state index in [0.717, 1.165) is 0 Å². The molecule has 41 heavy (non-hydrogen) atoms. The van der Waals surface area contributed by atoms with Gasteiger partial charge in [-0.05, 0) is 19.8 Å². The number of aliphatic carboxylic acids is 2. The molecule has 0 fully saturated rings. The number of guanidine groups is 1. The molecule has 0 aromatic heterocycles. The molecule has 5 atom stereocenters. The minimum atomic E-state index is -1.67. The Morgan fingerprint density at radius 1 is 0.805 bits per heavy atom. The van der Waals surface area contributed by atoms with Crippen LogP contribution in [0.25, 0.3) is 0 Å². The Morgan fingerprint density at radius 2 is 1.39 bits per heavy atom. The Morgan fingerprint density at radius 3 is 1.90 bits per heavy atom. The molecule has 0 saturated carbocycles. The van der Waals surface area contributed by atoms with Gasteiger partial charge in [0.1, 0.15) is 24.2 Å². The Bertz CT molecular complexity index is 995. The summed E-state index contributed by atoms with van der Waals surface area (Å²) in [6.07, 6.45) is -0.555. The molecule has 0 aliphatic heterocycles. The van der Waals surface area contributed by atoms with Gasteiger partial charge in [0.05, 0.1) is 19.0 Å². The topological polar surface area (TPSA) is 311 Å². The average molecular weight is 624 g/mol. The van der Waals surface area contributed by atoms with Crippen LogP contribution in [0.1, 0.15) is 26.2 Å². The van der Waals surface area contributed by atoms with Crippen LogP contribution in [-0.2, 0) is 33.6 Å². The molecular weight excluding hydrogens is 586 g/mol. The van der Waals surface area contributed by atoms with Gasteiger partial charge in [0.2, 0.25) is 29.5 Å². The third-order valence-electron chi connectivity index (χ3n) is 5.11. The number of thiol groups is 2. The number of carboxylic acid groups (broad SMARTS) is 2. The molecule has 232 valence electrons. The van der Waals surface area contributed by atoms with E-state index in [0.29, 0.717) is 0 Å². The van der Waals surface area contributed by atoms with Crippen LogP contribution in [-0.4, -0.2) is 112 Å². The third kappa shape index (κ3) is 15.6. The first-order valence-electron chi connectivity index (χ1n) is 12.1. The highest BCUT2D eigenvalue weighted by molar-refractivity contribution is 7.80. The summed E-state index contributed by atoms with van der Waals surface area (Å²) in [5.74, 6) is -7.65.